The third-order valence-corrected chi connectivity index (χ3v) is 3.09. The van der Waals surface area contributed by atoms with Gasteiger partial charge in [0, 0.05) is 31.3 Å². The summed E-state index contributed by atoms with van der Waals surface area (Å²) in [5.74, 6) is -2.15. The first-order valence-electron chi connectivity index (χ1n) is 5.62. The van der Waals surface area contributed by atoms with Gasteiger partial charge < -0.3 is 15.7 Å². The molecule has 0 amide bonds. The van der Waals surface area contributed by atoms with Crippen LogP contribution in [0.4, 0.5) is 8.78 Å². The Kier molecular flexibility index (Phi) is 3.58. The molecule has 1 saturated heterocycles. The number of nitrogens with one attached hydrogen (secondary N) is 2. The van der Waals surface area contributed by atoms with Crippen molar-refractivity contribution in [3.05, 3.63) is 35.4 Å². The first-order chi connectivity index (χ1) is 8.51. The molecule has 1 heterocycles. The molecule has 2 rings (SSSR count). The smallest absolute Gasteiger partial charge is 0.305 e. The summed E-state index contributed by atoms with van der Waals surface area (Å²) in [6, 6.07) is 3.36. The minimum absolute atomic E-state index is 0.0250. The molecule has 0 atom stereocenters. The summed E-state index contributed by atoms with van der Waals surface area (Å²) in [5.41, 5.74) is -0.208. The van der Waals surface area contributed by atoms with Gasteiger partial charge in [-0.1, -0.05) is 6.07 Å². The molecule has 0 unspecified atom stereocenters. The van der Waals surface area contributed by atoms with Gasteiger partial charge in [0.05, 0.1) is 12.0 Å². The van der Waals surface area contributed by atoms with Gasteiger partial charge in [0.15, 0.2) is 0 Å². The molecule has 1 aliphatic rings. The lowest BCUT2D eigenvalue weighted by Crippen LogP contribution is -2.68. The molecule has 1 fully saturated rings. The van der Waals surface area contributed by atoms with Gasteiger partial charge in [-0.3, -0.25) is 4.79 Å². The number of carboxylic acid groups (broad SMARTS) is 1. The quantitative estimate of drug-likeness (QED) is 0.731. The second kappa shape index (κ2) is 4.99. The summed E-state index contributed by atoms with van der Waals surface area (Å²) in [6.45, 7) is 1.24. The molecule has 0 saturated carbocycles. The fraction of sp³-hybridized carbons (Fsp3) is 0.417. The van der Waals surface area contributed by atoms with Crippen molar-refractivity contribution in [2.75, 3.05) is 13.1 Å². The zero-order chi connectivity index (χ0) is 13.2. The topological polar surface area (TPSA) is 61.4 Å². The monoisotopic (exact) mass is 256 g/mol. The van der Waals surface area contributed by atoms with E-state index in [9.17, 15) is 13.6 Å². The van der Waals surface area contributed by atoms with Crippen molar-refractivity contribution in [2.45, 2.75) is 18.5 Å². The van der Waals surface area contributed by atoms with Crippen LogP contribution in [-0.4, -0.2) is 29.7 Å². The van der Waals surface area contributed by atoms with E-state index in [2.05, 4.69) is 10.6 Å². The molecule has 18 heavy (non-hydrogen) atoms. The van der Waals surface area contributed by atoms with Crippen LogP contribution in [0.5, 0.6) is 0 Å². The third-order valence-electron chi connectivity index (χ3n) is 3.09. The van der Waals surface area contributed by atoms with Gasteiger partial charge in [-0.05, 0) is 6.07 Å². The third kappa shape index (κ3) is 2.83. The van der Waals surface area contributed by atoms with Crippen LogP contribution in [0.2, 0.25) is 0 Å². The Morgan fingerprint density at radius 2 is 2.17 bits per heavy atom. The number of carbonyl (C=O) groups is 1. The normalized spacial score (nSPS) is 17.2. The Morgan fingerprint density at radius 1 is 1.44 bits per heavy atom. The fourth-order valence-electron chi connectivity index (χ4n) is 1.98. The Morgan fingerprint density at radius 3 is 2.67 bits per heavy atom. The van der Waals surface area contributed by atoms with Gasteiger partial charge in [0.25, 0.3) is 0 Å². The van der Waals surface area contributed by atoms with Crippen LogP contribution >= 0.6 is 0 Å². The minimum Gasteiger partial charge on any atom is -0.481 e. The molecular formula is C12H14F2N2O2. The molecule has 4 nitrogen and oxygen atoms in total. The highest BCUT2D eigenvalue weighted by Gasteiger charge is 2.38. The van der Waals surface area contributed by atoms with Crippen molar-refractivity contribution in [3.63, 3.8) is 0 Å². The summed E-state index contributed by atoms with van der Waals surface area (Å²) in [4.78, 5) is 10.7. The summed E-state index contributed by atoms with van der Waals surface area (Å²) >= 11 is 0. The summed E-state index contributed by atoms with van der Waals surface area (Å²) in [7, 11) is 0. The summed E-state index contributed by atoms with van der Waals surface area (Å²) < 4.78 is 26.1. The van der Waals surface area contributed by atoms with Crippen LogP contribution in [0.15, 0.2) is 18.2 Å². The molecule has 3 N–H and O–H groups in total. The first-order valence-corrected chi connectivity index (χ1v) is 5.62. The van der Waals surface area contributed by atoms with E-state index in [0.717, 1.165) is 6.07 Å². The van der Waals surface area contributed by atoms with E-state index in [1.807, 2.05) is 0 Å². The predicted octanol–water partition coefficient (Wildman–Crippen LogP) is 0.871. The fourth-order valence-corrected chi connectivity index (χ4v) is 1.98. The van der Waals surface area contributed by atoms with E-state index in [1.165, 1.54) is 12.1 Å². The predicted molar refractivity (Wildman–Crippen MR) is 61.1 cm³/mol. The highest BCUT2D eigenvalue weighted by molar-refractivity contribution is 5.68. The molecule has 0 bridgehead atoms. The standard InChI is InChI=1S/C12H14F2N2O2/c13-9-2-1-8(10(14)3-9)5-16-12(4-11(17)18)6-15-7-12/h1-3,15-16H,4-7H2,(H,17,18). The number of hydrogen-bond acceptors (Lipinski definition) is 3. The van der Waals surface area contributed by atoms with E-state index in [-0.39, 0.29) is 13.0 Å². The Labute approximate surface area is 103 Å². The van der Waals surface area contributed by atoms with Crippen LogP contribution in [0.3, 0.4) is 0 Å². The summed E-state index contributed by atoms with van der Waals surface area (Å²) in [6.07, 6.45) is -0.0250. The van der Waals surface area contributed by atoms with Crippen molar-refractivity contribution in [3.8, 4) is 0 Å². The molecule has 6 heteroatoms. The highest BCUT2D eigenvalue weighted by Crippen LogP contribution is 2.18. The largest absolute Gasteiger partial charge is 0.481 e. The molecule has 1 aliphatic heterocycles. The second-order valence-corrected chi connectivity index (χ2v) is 4.54. The van der Waals surface area contributed by atoms with Gasteiger partial charge in [0.1, 0.15) is 11.6 Å². The zero-order valence-electron chi connectivity index (χ0n) is 9.67. The molecule has 0 spiro atoms. The van der Waals surface area contributed by atoms with E-state index >= 15 is 0 Å². The maximum absolute atomic E-state index is 13.4. The minimum atomic E-state index is -0.899. The molecule has 98 valence electrons. The van der Waals surface area contributed by atoms with Gasteiger partial charge in [-0.15, -0.1) is 0 Å². The molecule has 0 radical (unpaired) electrons. The molecular weight excluding hydrogens is 242 g/mol. The lowest BCUT2D eigenvalue weighted by atomic mass is 9.88. The number of halogens is 2. The first kappa shape index (κ1) is 12.9. The van der Waals surface area contributed by atoms with Gasteiger partial charge in [0.2, 0.25) is 0 Å². The number of hydrogen-bond donors (Lipinski definition) is 3. The lowest BCUT2D eigenvalue weighted by molar-refractivity contribution is -0.139. The Hall–Kier alpha value is -1.53. The SMILES string of the molecule is O=C(O)CC1(NCc2ccc(F)cc2F)CNC1. The van der Waals surface area contributed by atoms with Crippen LogP contribution in [0.25, 0.3) is 0 Å². The maximum Gasteiger partial charge on any atom is 0.305 e. The van der Waals surface area contributed by atoms with Crippen LogP contribution in [-0.2, 0) is 11.3 Å². The highest BCUT2D eigenvalue weighted by atomic mass is 19.1. The maximum atomic E-state index is 13.4. The zero-order valence-corrected chi connectivity index (χ0v) is 9.67. The van der Waals surface area contributed by atoms with Gasteiger partial charge in [-0.2, -0.15) is 0 Å². The summed E-state index contributed by atoms with van der Waals surface area (Å²) in [5, 5.41) is 14.8. The van der Waals surface area contributed by atoms with Crippen molar-refractivity contribution in [2.24, 2.45) is 0 Å². The van der Waals surface area contributed by atoms with Crippen LogP contribution < -0.4 is 10.6 Å². The molecule has 0 aliphatic carbocycles. The average Bonchev–Trinajstić information content (AvgIpc) is 2.23. The van der Waals surface area contributed by atoms with Crippen molar-refractivity contribution in [1.82, 2.24) is 10.6 Å². The number of rotatable bonds is 5. The number of benzene rings is 1. The van der Waals surface area contributed by atoms with E-state index in [4.69, 9.17) is 5.11 Å². The van der Waals surface area contributed by atoms with E-state index in [1.54, 1.807) is 0 Å². The average molecular weight is 256 g/mol. The van der Waals surface area contributed by atoms with Crippen molar-refractivity contribution < 1.29 is 18.7 Å². The molecule has 1 aromatic carbocycles. The Balaban J connectivity index is 1.99. The second-order valence-electron chi connectivity index (χ2n) is 4.54. The van der Waals surface area contributed by atoms with Crippen molar-refractivity contribution in [1.29, 1.82) is 0 Å². The Bertz CT molecular complexity index is 461. The molecule has 1 aromatic rings. The van der Waals surface area contributed by atoms with E-state index in [0.29, 0.717) is 18.7 Å². The lowest BCUT2D eigenvalue weighted by Gasteiger charge is -2.42. The van der Waals surface area contributed by atoms with Gasteiger partial charge >= 0.3 is 5.97 Å². The molecule has 0 aromatic heterocycles. The van der Waals surface area contributed by atoms with E-state index < -0.39 is 23.1 Å². The van der Waals surface area contributed by atoms with Crippen molar-refractivity contribution >= 4 is 5.97 Å². The van der Waals surface area contributed by atoms with Crippen LogP contribution in [0.1, 0.15) is 12.0 Å². The van der Waals surface area contributed by atoms with Gasteiger partial charge in [-0.25, -0.2) is 8.78 Å². The van der Waals surface area contributed by atoms with Crippen LogP contribution in [0, 0.1) is 11.6 Å². The number of carboxylic acids is 1. The number of aliphatic carboxylic acids is 1.